The molecular weight excluding hydrogens is 322 g/mol. The topological polar surface area (TPSA) is 97.2 Å². The monoisotopic (exact) mass is 351 g/mol. The Hall–Kier alpha value is -0.103. The summed E-state index contributed by atoms with van der Waals surface area (Å²) in [6.45, 7) is 3.92. The van der Waals surface area contributed by atoms with E-state index in [9.17, 15) is 0 Å². The highest BCUT2D eigenvalue weighted by atomic mass is 28.4. The SMILES string of the molecule is CO[Si](CC(CN)(COCC1CO1)COCC1CO1)(OC)OC. The van der Waals surface area contributed by atoms with E-state index < -0.39 is 14.2 Å². The number of ether oxygens (including phenoxy) is 4. The molecule has 2 aliphatic heterocycles. The molecule has 0 aromatic carbocycles. The van der Waals surface area contributed by atoms with Crippen molar-refractivity contribution >= 4 is 8.80 Å². The summed E-state index contributed by atoms with van der Waals surface area (Å²) < 4.78 is 38.6. The summed E-state index contributed by atoms with van der Waals surface area (Å²) in [5.41, 5.74) is 5.64. The van der Waals surface area contributed by atoms with Gasteiger partial charge in [0.15, 0.2) is 0 Å². The van der Waals surface area contributed by atoms with Crippen LogP contribution in [0.25, 0.3) is 0 Å². The van der Waals surface area contributed by atoms with Gasteiger partial charge in [0.1, 0.15) is 12.2 Å². The highest BCUT2D eigenvalue weighted by Gasteiger charge is 2.48. The van der Waals surface area contributed by atoms with Gasteiger partial charge in [-0.3, -0.25) is 0 Å². The predicted octanol–water partition coefficient (Wildman–Crippen LogP) is -0.360. The van der Waals surface area contributed by atoms with Crippen LogP contribution < -0.4 is 5.73 Å². The molecule has 0 spiro atoms. The highest BCUT2D eigenvalue weighted by molar-refractivity contribution is 6.60. The van der Waals surface area contributed by atoms with Crippen molar-refractivity contribution in [2.45, 2.75) is 18.3 Å². The quantitative estimate of drug-likeness (QED) is 0.335. The molecule has 0 aromatic heterocycles. The summed E-state index contributed by atoms with van der Waals surface area (Å²) >= 11 is 0. The molecule has 0 amide bonds. The van der Waals surface area contributed by atoms with E-state index in [1.807, 2.05) is 0 Å². The van der Waals surface area contributed by atoms with Crippen LogP contribution >= 0.6 is 0 Å². The van der Waals surface area contributed by atoms with E-state index in [0.717, 1.165) is 13.2 Å². The van der Waals surface area contributed by atoms with E-state index in [-0.39, 0.29) is 12.2 Å². The Morgan fingerprint density at radius 1 is 0.957 bits per heavy atom. The lowest BCUT2D eigenvalue weighted by Crippen LogP contribution is -2.52. The Labute approximate surface area is 138 Å². The Balaban J connectivity index is 1.95. The Morgan fingerprint density at radius 2 is 1.39 bits per heavy atom. The zero-order chi connectivity index (χ0) is 16.8. The number of rotatable bonds is 14. The first-order chi connectivity index (χ1) is 11.1. The maximum atomic E-state index is 6.08. The van der Waals surface area contributed by atoms with Gasteiger partial charge in [-0.25, -0.2) is 0 Å². The first kappa shape index (κ1) is 19.2. The number of hydrogen-bond donors (Lipinski definition) is 1. The van der Waals surface area contributed by atoms with Crippen molar-refractivity contribution in [1.82, 2.24) is 0 Å². The van der Waals surface area contributed by atoms with Crippen LogP contribution in [0.4, 0.5) is 0 Å². The highest BCUT2D eigenvalue weighted by Crippen LogP contribution is 2.31. The molecule has 136 valence electrons. The maximum Gasteiger partial charge on any atom is 0.500 e. The van der Waals surface area contributed by atoms with Crippen LogP contribution in [-0.2, 0) is 32.2 Å². The van der Waals surface area contributed by atoms with Gasteiger partial charge in [-0.2, -0.15) is 0 Å². The first-order valence-electron chi connectivity index (χ1n) is 7.85. The lowest BCUT2D eigenvalue weighted by atomic mass is 9.93. The second kappa shape index (κ2) is 8.84. The molecular formula is C14H29NO7Si. The molecule has 0 radical (unpaired) electrons. The summed E-state index contributed by atoms with van der Waals surface area (Å²) in [4.78, 5) is 0. The van der Waals surface area contributed by atoms with E-state index in [1.54, 1.807) is 21.3 Å². The van der Waals surface area contributed by atoms with Gasteiger partial charge in [-0.15, -0.1) is 0 Å². The molecule has 0 saturated carbocycles. The van der Waals surface area contributed by atoms with Crippen LogP contribution in [0.15, 0.2) is 0 Å². The van der Waals surface area contributed by atoms with Crippen LogP contribution in [-0.4, -0.2) is 88.5 Å². The molecule has 2 aliphatic rings. The minimum absolute atomic E-state index is 0.209. The maximum absolute atomic E-state index is 6.08. The van der Waals surface area contributed by atoms with Crippen LogP contribution in [0, 0.1) is 5.41 Å². The van der Waals surface area contributed by atoms with E-state index in [0.29, 0.717) is 39.0 Å². The third-order valence-electron chi connectivity index (χ3n) is 4.19. The second-order valence-corrected chi connectivity index (χ2v) is 9.06. The lowest BCUT2D eigenvalue weighted by molar-refractivity contribution is -0.0252. The van der Waals surface area contributed by atoms with Crippen molar-refractivity contribution in [2.75, 3.05) is 67.5 Å². The fourth-order valence-electron chi connectivity index (χ4n) is 2.40. The van der Waals surface area contributed by atoms with E-state index in [1.165, 1.54) is 0 Å². The average Bonchev–Trinajstić information content (AvgIpc) is 3.47. The second-order valence-electron chi connectivity index (χ2n) is 6.12. The fraction of sp³-hybridized carbons (Fsp3) is 1.00. The molecule has 2 saturated heterocycles. The van der Waals surface area contributed by atoms with Crippen LogP contribution in [0.1, 0.15) is 0 Å². The summed E-state index contributed by atoms with van der Waals surface area (Å²) in [6.07, 6.45) is 0.418. The zero-order valence-corrected chi connectivity index (χ0v) is 15.2. The van der Waals surface area contributed by atoms with Gasteiger partial charge in [0, 0.05) is 39.3 Å². The van der Waals surface area contributed by atoms with Gasteiger partial charge in [0.25, 0.3) is 0 Å². The Bertz CT molecular complexity index is 322. The van der Waals surface area contributed by atoms with Gasteiger partial charge >= 0.3 is 8.80 Å². The summed E-state index contributed by atoms with van der Waals surface area (Å²) in [6, 6.07) is 0.525. The molecule has 8 nitrogen and oxygen atoms in total. The largest absolute Gasteiger partial charge is 0.500 e. The standard InChI is InChI=1S/C14H29NO7Si/c1-16-23(17-2,18-3)11-14(8-15,9-19-4-12-6-21-12)10-20-5-13-7-22-13/h12-13H,4-11,15H2,1-3H3. The van der Waals surface area contributed by atoms with Gasteiger partial charge in [0.2, 0.25) is 0 Å². The molecule has 2 heterocycles. The minimum atomic E-state index is -2.80. The molecule has 2 rings (SSSR count). The van der Waals surface area contributed by atoms with Crippen LogP contribution in [0.3, 0.4) is 0 Å². The van der Waals surface area contributed by atoms with Crippen molar-refractivity contribution in [3.63, 3.8) is 0 Å². The summed E-state index contributed by atoms with van der Waals surface area (Å²) in [5, 5.41) is 0. The molecule has 0 bridgehead atoms. The zero-order valence-electron chi connectivity index (χ0n) is 14.2. The predicted molar refractivity (Wildman–Crippen MR) is 84.2 cm³/mol. The van der Waals surface area contributed by atoms with Crippen molar-refractivity contribution in [3.8, 4) is 0 Å². The van der Waals surface area contributed by atoms with Crippen molar-refractivity contribution in [1.29, 1.82) is 0 Å². The van der Waals surface area contributed by atoms with Gasteiger partial charge in [0.05, 0.1) is 39.6 Å². The molecule has 2 fully saturated rings. The summed E-state index contributed by atoms with van der Waals surface area (Å²) in [5.74, 6) is 0. The molecule has 23 heavy (non-hydrogen) atoms. The van der Waals surface area contributed by atoms with Gasteiger partial charge < -0.3 is 38.0 Å². The Morgan fingerprint density at radius 3 is 1.70 bits per heavy atom. The van der Waals surface area contributed by atoms with Crippen molar-refractivity contribution in [2.24, 2.45) is 11.1 Å². The van der Waals surface area contributed by atoms with Gasteiger partial charge in [-0.05, 0) is 0 Å². The normalized spacial score (nSPS) is 26.1. The van der Waals surface area contributed by atoms with Crippen LogP contribution in [0.2, 0.25) is 6.04 Å². The molecule has 2 atom stereocenters. The van der Waals surface area contributed by atoms with Gasteiger partial charge in [-0.1, -0.05) is 0 Å². The number of nitrogens with two attached hydrogens (primary N) is 1. The van der Waals surface area contributed by atoms with E-state index in [4.69, 9.17) is 38.0 Å². The molecule has 0 aliphatic carbocycles. The Kier molecular flexibility index (Phi) is 7.39. The molecule has 9 heteroatoms. The van der Waals surface area contributed by atoms with Crippen LogP contribution in [0.5, 0.6) is 0 Å². The first-order valence-corrected chi connectivity index (χ1v) is 9.78. The third-order valence-corrected chi connectivity index (χ3v) is 7.24. The smallest absolute Gasteiger partial charge is 0.378 e. The molecule has 2 N–H and O–H groups in total. The summed E-state index contributed by atoms with van der Waals surface area (Å²) in [7, 11) is 1.99. The average molecular weight is 351 g/mol. The van der Waals surface area contributed by atoms with E-state index in [2.05, 4.69) is 0 Å². The van der Waals surface area contributed by atoms with E-state index >= 15 is 0 Å². The number of hydrogen-bond acceptors (Lipinski definition) is 8. The lowest BCUT2D eigenvalue weighted by Gasteiger charge is -2.37. The number of epoxide rings is 2. The third kappa shape index (κ3) is 6.04. The molecule has 2 unspecified atom stereocenters. The fourth-order valence-corrected chi connectivity index (χ4v) is 4.60. The molecule has 0 aromatic rings. The van der Waals surface area contributed by atoms with Crippen molar-refractivity contribution < 1.29 is 32.2 Å². The minimum Gasteiger partial charge on any atom is -0.378 e. The van der Waals surface area contributed by atoms with Crippen molar-refractivity contribution in [3.05, 3.63) is 0 Å².